The molecule has 2 aromatic rings. The third-order valence-electron chi connectivity index (χ3n) is 3.18. The van der Waals surface area contributed by atoms with E-state index in [4.69, 9.17) is 11.1 Å². The second-order valence-electron chi connectivity index (χ2n) is 4.56. The SMILES string of the molecule is Cc1ccccc1CNC(=N)c1ccccc1C(N)=O. The lowest BCUT2D eigenvalue weighted by Gasteiger charge is -2.12. The molecule has 2 rings (SSSR count). The van der Waals surface area contributed by atoms with Crippen LogP contribution in [0.4, 0.5) is 0 Å². The number of primary amides is 1. The number of amidine groups is 1. The van der Waals surface area contributed by atoms with Crippen LogP contribution in [0.2, 0.25) is 0 Å². The summed E-state index contributed by atoms with van der Waals surface area (Å²) in [6.07, 6.45) is 0. The molecule has 0 spiro atoms. The van der Waals surface area contributed by atoms with E-state index < -0.39 is 5.91 Å². The van der Waals surface area contributed by atoms with Gasteiger partial charge in [0.05, 0.1) is 0 Å². The van der Waals surface area contributed by atoms with Crippen LogP contribution in [0.15, 0.2) is 48.5 Å². The standard InChI is InChI=1S/C16H17N3O/c1-11-6-2-3-7-12(11)10-19-15(17)13-8-4-5-9-14(13)16(18)20/h2-9H,10H2,1H3,(H2,17,19)(H2,18,20). The zero-order valence-electron chi connectivity index (χ0n) is 11.3. The minimum atomic E-state index is -0.525. The van der Waals surface area contributed by atoms with Crippen molar-refractivity contribution in [1.29, 1.82) is 5.41 Å². The molecular weight excluding hydrogens is 250 g/mol. The third-order valence-corrected chi connectivity index (χ3v) is 3.18. The predicted octanol–water partition coefficient (Wildman–Crippen LogP) is 2.21. The van der Waals surface area contributed by atoms with Crippen LogP contribution in [0.3, 0.4) is 0 Å². The summed E-state index contributed by atoms with van der Waals surface area (Å²) in [4.78, 5) is 11.4. The molecule has 2 aromatic carbocycles. The Kier molecular flexibility index (Phi) is 4.15. The number of aryl methyl sites for hydroxylation is 1. The van der Waals surface area contributed by atoms with Crippen LogP contribution in [-0.4, -0.2) is 11.7 Å². The maximum absolute atomic E-state index is 11.4. The molecule has 0 unspecified atom stereocenters. The van der Waals surface area contributed by atoms with Crippen LogP contribution in [0, 0.1) is 12.3 Å². The lowest BCUT2D eigenvalue weighted by atomic mass is 10.1. The van der Waals surface area contributed by atoms with Crippen molar-refractivity contribution in [2.75, 3.05) is 0 Å². The largest absolute Gasteiger partial charge is 0.366 e. The first kappa shape index (κ1) is 13.8. The molecule has 4 nitrogen and oxygen atoms in total. The first-order chi connectivity index (χ1) is 9.59. The molecule has 20 heavy (non-hydrogen) atoms. The Bertz CT molecular complexity index is 650. The quantitative estimate of drug-likeness (QED) is 0.586. The molecule has 0 saturated heterocycles. The van der Waals surface area contributed by atoms with Gasteiger partial charge in [0, 0.05) is 17.7 Å². The average Bonchev–Trinajstić information content (AvgIpc) is 2.46. The number of benzene rings is 2. The number of carbonyl (C=O) groups is 1. The molecule has 0 saturated carbocycles. The normalized spacial score (nSPS) is 10.1. The van der Waals surface area contributed by atoms with Crippen molar-refractivity contribution in [3.05, 3.63) is 70.8 Å². The molecule has 4 N–H and O–H groups in total. The highest BCUT2D eigenvalue weighted by atomic mass is 16.1. The molecule has 0 bridgehead atoms. The summed E-state index contributed by atoms with van der Waals surface area (Å²) in [5, 5.41) is 11.1. The van der Waals surface area contributed by atoms with Gasteiger partial charge in [-0.15, -0.1) is 0 Å². The second-order valence-corrected chi connectivity index (χ2v) is 4.56. The highest BCUT2D eigenvalue weighted by molar-refractivity contribution is 6.07. The van der Waals surface area contributed by atoms with Crippen molar-refractivity contribution >= 4 is 11.7 Å². The van der Waals surface area contributed by atoms with Crippen LogP contribution in [0.1, 0.15) is 27.0 Å². The monoisotopic (exact) mass is 267 g/mol. The van der Waals surface area contributed by atoms with E-state index in [1.54, 1.807) is 24.3 Å². The Balaban J connectivity index is 2.14. The number of hydrogen-bond acceptors (Lipinski definition) is 2. The molecule has 102 valence electrons. The Morgan fingerprint density at radius 2 is 1.70 bits per heavy atom. The summed E-state index contributed by atoms with van der Waals surface area (Å²) >= 11 is 0. The third kappa shape index (κ3) is 3.03. The number of rotatable bonds is 4. The van der Waals surface area contributed by atoms with Crippen LogP contribution in [0.5, 0.6) is 0 Å². The summed E-state index contributed by atoms with van der Waals surface area (Å²) in [6.45, 7) is 2.57. The van der Waals surface area contributed by atoms with E-state index in [-0.39, 0.29) is 5.84 Å². The van der Waals surface area contributed by atoms with Crippen molar-refractivity contribution in [3.8, 4) is 0 Å². The predicted molar refractivity (Wildman–Crippen MR) is 79.8 cm³/mol. The van der Waals surface area contributed by atoms with Gasteiger partial charge in [-0.25, -0.2) is 0 Å². The van der Waals surface area contributed by atoms with Gasteiger partial charge in [0.1, 0.15) is 5.84 Å². The smallest absolute Gasteiger partial charge is 0.249 e. The molecular formula is C16H17N3O. The minimum absolute atomic E-state index is 0.197. The van der Waals surface area contributed by atoms with Gasteiger partial charge in [-0.2, -0.15) is 0 Å². The molecule has 0 aliphatic heterocycles. The van der Waals surface area contributed by atoms with Crippen molar-refractivity contribution in [2.45, 2.75) is 13.5 Å². The Morgan fingerprint density at radius 3 is 2.35 bits per heavy atom. The Labute approximate surface area is 118 Å². The number of nitrogens with two attached hydrogens (primary N) is 1. The molecule has 0 aromatic heterocycles. The molecule has 0 aliphatic rings. The van der Waals surface area contributed by atoms with Gasteiger partial charge in [0.2, 0.25) is 5.91 Å². The lowest BCUT2D eigenvalue weighted by molar-refractivity contribution is 0.1000. The molecule has 0 atom stereocenters. The summed E-state index contributed by atoms with van der Waals surface area (Å²) in [5.41, 5.74) is 8.48. The van der Waals surface area contributed by atoms with Crippen molar-refractivity contribution in [2.24, 2.45) is 5.73 Å². The van der Waals surface area contributed by atoms with Crippen LogP contribution < -0.4 is 11.1 Å². The zero-order valence-corrected chi connectivity index (χ0v) is 11.3. The maximum Gasteiger partial charge on any atom is 0.249 e. The van der Waals surface area contributed by atoms with Gasteiger partial charge in [-0.3, -0.25) is 10.2 Å². The minimum Gasteiger partial charge on any atom is -0.366 e. The van der Waals surface area contributed by atoms with E-state index in [1.165, 1.54) is 0 Å². The highest BCUT2D eigenvalue weighted by Gasteiger charge is 2.11. The number of hydrogen-bond donors (Lipinski definition) is 3. The molecule has 4 heteroatoms. The van der Waals surface area contributed by atoms with E-state index in [0.717, 1.165) is 11.1 Å². The first-order valence-corrected chi connectivity index (χ1v) is 6.35. The van der Waals surface area contributed by atoms with Gasteiger partial charge in [0.25, 0.3) is 0 Å². The van der Waals surface area contributed by atoms with E-state index in [2.05, 4.69) is 5.32 Å². The van der Waals surface area contributed by atoms with Crippen molar-refractivity contribution in [3.63, 3.8) is 0 Å². The fourth-order valence-electron chi connectivity index (χ4n) is 2.00. The topological polar surface area (TPSA) is 79.0 Å². The van der Waals surface area contributed by atoms with Gasteiger partial charge < -0.3 is 11.1 Å². The molecule has 0 heterocycles. The number of carbonyl (C=O) groups excluding carboxylic acids is 1. The fourth-order valence-corrected chi connectivity index (χ4v) is 2.00. The van der Waals surface area contributed by atoms with Crippen LogP contribution in [0.25, 0.3) is 0 Å². The highest BCUT2D eigenvalue weighted by Crippen LogP contribution is 2.10. The number of nitrogens with one attached hydrogen (secondary N) is 2. The zero-order chi connectivity index (χ0) is 14.5. The van der Waals surface area contributed by atoms with Crippen LogP contribution in [-0.2, 0) is 6.54 Å². The second kappa shape index (κ2) is 6.02. The van der Waals surface area contributed by atoms with E-state index in [0.29, 0.717) is 17.7 Å². The van der Waals surface area contributed by atoms with Crippen molar-refractivity contribution < 1.29 is 4.79 Å². The fraction of sp³-hybridized carbons (Fsp3) is 0.125. The lowest BCUT2D eigenvalue weighted by Crippen LogP contribution is -2.26. The average molecular weight is 267 g/mol. The van der Waals surface area contributed by atoms with Crippen LogP contribution >= 0.6 is 0 Å². The summed E-state index contributed by atoms with van der Waals surface area (Å²) in [5.74, 6) is -0.328. The Morgan fingerprint density at radius 1 is 1.10 bits per heavy atom. The Hall–Kier alpha value is -2.62. The van der Waals surface area contributed by atoms with Gasteiger partial charge in [0.15, 0.2) is 0 Å². The first-order valence-electron chi connectivity index (χ1n) is 6.35. The maximum atomic E-state index is 11.4. The van der Waals surface area contributed by atoms with Gasteiger partial charge >= 0.3 is 0 Å². The van der Waals surface area contributed by atoms with Gasteiger partial charge in [-0.1, -0.05) is 42.5 Å². The van der Waals surface area contributed by atoms with Crippen molar-refractivity contribution in [1.82, 2.24) is 5.32 Å². The summed E-state index contributed by atoms with van der Waals surface area (Å²) in [7, 11) is 0. The summed E-state index contributed by atoms with van der Waals surface area (Å²) in [6, 6.07) is 14.8. The molecule has 0 radical (unpaired) electrons. The van der Waals surface area contributed by atoms with E-state index in [9.17, 15) is 4.79 Å². The molecule has 0 fully saturated rings. The van der Waals surface area contributed by atoms with Gasteiger partial charge in [-0.05, 0) is 24.1 Å². The summed E-state index contributed by atoms with van der Waals surface area (Å²) < 4.78 is 0. The van der Waals surface area contributed by atoms with E-state index in [1.807, 2.05) is 31.2 Å². The molecule has 1 amide bonds. The molecule has 0 aliphatic carbocycles. The van der Waals surface area contributed by atoms with E-state index >= 15 is 0 Å². The number of amides is 1.